The second-order valence-electron chi connectivity index (χ2n) is 6.01. The van der Waals surface area contributed by atoms with Crippen molar-refractivity contribution in [2.45, 2.75) is 26.4 Å². The van der Waals surface area contributed by atoms with E-state index in [0.29, 0.717) is 28.1 Å². The minimum Gasteiger partial charge on any atom is -0.357 e. The van der Waals surface area contributed by atoms with Crippen LogP contribution in [0.3, 0.4) is 0 Å². The number of nitrogens with zero attached hydrogens (tertiary/aromatic N) is 1. The van der Waals surface area contributed by atoms with Crippen molar-refractivity contribution in [3.05, 3.63) is 69.2 Å². The van der Waals surface area contributed by atoms with Gasteiger partial charge in [0, 0.05) is 29.2 Å². The Kier molecular flexibility index (Phi) is 10.6. The third kappa shape index (κ3) is 7.14. The van der Waals surface area contributed by atoms with Gasteiger partial charge in [-0.25, -0.2) is 4.99 Å². The topological polar surface area (TPSA) is 65.5 Å². The summed E-state index contributed by atoms with van der Waals surface area (Å²) in [6.45, 7) is 5.18. The van der Waals surface area contributed by atoms with Crippen LogP contribution in [0.4, 0.5) is 0 Å². The zero-order valence-corrected chi connectivity index (χ0v) is 19.9. The van der Waals surface area contributed by atoms with Crippen LogP contribution in [0.25, 0.3) is 0 Å². The zero-order chi connectivity index (χ0) is 19.8. The molecule has 0 fully saturated rings. The molecule has 0 aromatic heterocycles. The van der Waals surface area contributed by atoms with Gasteiger partial charge in [0.15, 0.2) is 5.96 Å². The Bertz CT molecular complexity index is 830. The first-order valence-electron chi connectivity index (χ1n) is 8.75. The molecule has 1 atom stereocenters. The van der Waals surface area contributed by atoms with Crippen LogP contribution in [-0.2, 0) is 6.54 Å². The van der Waals surface area contributed by atoms with E-state index >= 15 is 0 Å². The van der Waals surface area contributed by atoms with Gasteiger partial charge in [0.25, 0.3) is 5.91 Å². The van der Waals surface area contributed by atoms with E-state index in [4.69, 9.17) is 23.2 Å². The minimum atomic E-state index is -0.114. The third-order valence-electron chi connectivity index (χ3n) is 3.96. The first-order valence-corrected chi connectivity index (χ1v) is 9.51. The number of nitrogens with one attached hydrogen (secondary N) is 3. The standard InChI is InChI=1S/C20H24Cl2N4O.HI/c1-4-24-20(26-13(2)17-9-8-16(21)11-18(17)22)25-12-14-6-5-7-15(10-14)19(27)23-3;/h5-11,13H,4,12H2,1-3H3,(H,23,27)(H2,24,25,26);1H. The fourth-order valence-corrected chi connectivity index (χ4v) is 3.15. The Morgan fingerprint density at radius 2 is 1.93 bits per heavy atom. The number of benzene rings is 2. The second-order valence-corrected chi connectivity index (χ2v) is 6.85. The van der Waals surface area contributed by atoms with Crippen LogP contribution in [0.5, 0.6) is 0 Å². The van der Waals surface area contributed by atoms with Gasteiger partial charge in [0.1, 0.15) is 0 Å². The Morgan fingerprint density at radius 3 is 2.57 bits per heavy atom. The van der Waals surface area contributed by atoms with Gasteiger partial charge < -0.3 is 16.0 Å². The molecule has 0 aliphatic rings. The molecule has 2 aromatic rings. The van der Waals surface area contributed by atoms with E-state index in [1.165, 1.54) is 0 Å². The van der Waals surface area contributed by atoms with Crippen molar-refractivity contribution >= 4 is 59.0 Å². The molecule has 1 amide bonds. The van der Waals surface area contributed by atoms with Crippen LogP contribution in [0.1, 0.15) is 41.4 Å². The van der Waals surface area contributed by atoms with Gasteiger partial charge >= 0.3 is 0 Å². The fraction of sp³-hybridized carbons (Fsp3) is 0.300. The van der Waals surface area contributed by atoms with E-state index < -0.39 is 0 Å². The highest BCUT2D eigenvalue weighted by Gasteiger charge is 2.12. The summed E-state index contributed by atoms with van der Waals surface area (Å²) < 4.78 is 0. The molecule has 2 rings (SSSR count). The van der Waals surface area contributed by atoms with Crippen molar-refractivity contribution in [1.29, 1.82) is 0 Å². The molecular formula is C20H25Cl2IN4O. The van der Waals surface area contributed by atoms with Crippen molar-refractivity contribution < 1.29 is 4.79 Å². The molecular weight excluding hydrogens is 510 g/mol. The van der Waals surface area contributed by atoms with Crippen LogP contribution < -0.4 is 16.0 Å². The van der Waals surface area contributed by atoms with Gasteiger partial charge in [-0.2, -0.15) is 0 Å². The molecule has 152 valence electrons. The van der Waals surface area contributed by atoms with Crippen LogP contribution in [-0.4, -0.2) is 25.5 Å². The van der Waals surface area contributed by atoms with Crippen molar-refractivity contribution in [3.63, 3.8) is 0 Å². The summed E-state index contributed by atoms with van der Waals surface area (Å²) in [7, 11) is 1.61. The number of amides is 1. The number of guanidine groups is 1. The van der Waals surface area contributed by atoms with Gasteiger partial charge in [-0.15, -0.1) is 24.0 Å². The maximum absolute atomic E-state index is 11.8. The summed E-state index contributed by atoms with van der Waals surface area (Å²) in [5, 5.41) is 10.4. The fourth-order valence-electron chi connectivity index (χ4n) is 2.58. The monoisotopic (exact) mass is 534 g/mol. The van der Waals surface area contributed by atoms with Crippen LogP contribution >= 0.6 is 47.2 Å². The summed E-state index contributed by atoms with van der Waals surface area (Å²) in [6, 6.07) is 12.8. The summed E-state index contributed by atoms with van der Waals surface area (Å²) in [6.07, 6.45) is 0. The average Bonchev–Trinajstić information content (AvgIpc) is 2.65. The number of aliphatic imine (C=N–C) groups is 1. The summed E-state index contributed by atoms with van der Waals surface area (Å²) in [4.78, 5) is 16.4. The maximum Gasteiger partial charge on any atom is 0.251 e. The number of halogens is 3. The molecule has 5 nitrogen and oxygen atoms in total. The second kappa shape index (κ2) is 12.1. The van der Waals surface area contributed by atoms with Crippen molar-refractivity contribution in [2.24, 2.45) is 4.99 Å². The van der Waals surface area contributed by atoms with Gasteiger partial charge in [0.2, 0.25) is 0 Å². The lowest BCUT2D eigenvalue weighted by Crippen LogP contribution is -2.38. The molecule has 0 spiro atoms. The van der Waals surface area contributed by atoms with E-state index in [-0.39, 0.29) is 35.9 Å². The maximum atomic E-state index is 11.8. The Morgan fingerprint density at radius 1 is 1.18 bits per heavy atom. The lowest BCUT2D eigenvalue weighted by atomic mass is 10.1. The average molecular weight is 535 g/mol. The molecule has 0 radical (unpaired) electrons. The van der Waals surface area contributed by atoms with E-state index in [0.717, 1.165) is 17.7 Å². The number of carbonyl (C=O) groups is 1. The number of carbonyl (C=O) groups excluding carboxylic acids is 1. The Balaban J connectivity index is 0.00000392. The van der Waals surface area contributed by atoms with E-state index in [2.05, 4.69) is 20.9 Å². The number of rotatable bonds is 6. The van der Waals surface area contributed by atoms with Gasteiger partial charge in [-0.05, 0) is 49.2 Å². The smallest absolute Gasteiger partial charge is 0.251 e. The highest BCUT2D eigenvalue weighted by molar-refractivity contribution is 14.0. The van der Waals surface area contributed by atoms with Gasteiger partial charge in [0.05, 0.1) is 12.6 Å². The molecule has 0 heterocycles. The Hall–Kier alpha value is -1.51. The van der Waals surface area contributed by atoms with Crippen LogP contribution in [0.2, 0.25) is 10.0 Å². The molecule has 2 aromatic carbocycles. The third-order valence-corrected chi connectivity index (χ3v) is 4.52. The predicted octanol–water partition coefficient (Wildman–Crippen LogP) is 4.79. The molecule has 1 unspecified atom stereocenters. The van der Waals surface area contributed by atoms with Crippen molar-refractivity contribution in [3.8, 4) is 0 Å². The van der Waals surface area contributed by atoms with Crippen molar-refractivity contribution in [1.82, 2.24) is 16.0 Å². The van der Waals surface area contributed by atoms with Crippen molar-refractivity contribution in [2.75, 3.05) is 13.6 Å². The SMILES string of the molecule is CCNC(=NCc1cccc(C(=O)NC)c1)NC(C)c1ccc(Cl)cc1Cl.I. The molecule has 0 aliphatic carbocycles. The summed E-state index contributed by atoms with van der Waals surface area (Å²) in [5.74, 6) is 0.554. The zero-order valence-electron chi connectivity index (χ0n) is 16.1. The molecule has 28 heavy (non-hydrogen) atoms. The molecule has 8 heteroatoms. The summed E-state index contributed by atoms with van der Waals surface area (Å²) >= 11 is 12.3. The minimum absolute atomic E-state index is 0. The van der Waals surface area contributed by atoms with Crippen LogP contribution in [0.15, 0.2) is 47.5 Å². The molecule has 0 bridgehead atoms. The normalized spacial score (nSPS) is 12.0. The molecule has 3 N–H and O–H groups in total. The molecule has 0 aliphatic heterocycles. The first kappa shape index (κ1) is 24.5. The number of hydrogen-bond acceptors (Lipinski definition) is 2. The van der Waals surface area contributed by atoms with E-state index in [1.807, 2.05) is 44.2 Å². The number of hydrogen-bond donors (Lipinski definition) is 3. The summed E-state index contributed by atoms with van der Waals surface area (Å²) in [5.41, 5.74) is 2.50. The van der Waals surface area contributed by atoms with Gasteiger partial charge in [-0.3, -0.25) is 4.79 Å². The first-order chi connectivity index (χ1) is 12.9. The Labute approximate surface area is 193 Å². The van der Waals surface area contributed by atoms with E-state index in [1.54, 1.807) is 19.2 Å². The van der Waals surface area contributed by atoms with Gasteiger partial charge in [-0.1, -0.05) is 41.4 Å². The quantitative estimate of drug-likeness (QED) is 0.284. The molecule has 0 saturated carbocycles. The van der Waals surface area contributed by atoms with Crippen LogP contribution in [0, 0.1) is 0 Å². The lowest BCUT2D eigenvalue weighted by Gasteiger charge is -2.19. The highest BCUT2D eigenvalue weighted by atomic mass is 127. The lowest BCUT2D eigenvalue weighted by molar-refractivity contribution is 0.0963. The largest absolute Gasteiger partial charge is 0.357 e. The predicted molar refractivity (Wildman–Crippen MR) is 128 cm³/mol. The van der Waals surface area contributed by atoms with E-state index in [9.17, 15) is 4.79 Å². The highest BCUT2D eigenvalue weighted by Crippen LogP contribution is 2.26. The molecule has 0 saturated heterocycles.